The van der Waals surface area contributed by atoms with E-state index in [4.69, 9.17) is 9.84 Å². The summed E-state index contributed by atoms with van der Waals surface area (Å²) in [5.74, 6) is -1.25. The van der Waals surface area contributed by atoms with Crippen molar-refractivity contribution in [3.05, 3.63) is 32.7 Å². The average molecular weight is 395 g/mol. The Balaban J connectivity index is 2.61. The SMILES string of the molecule is COC(CNC(=O)c1ccc(Br)cc1Br)CC(=O)O. The minimum Gasteiger partial charge on any atom is -0.481 e. The van der Waals surface area contributed by atoms with Crippen molar-refractivity contribution in [2.45, 2.75) is 12.5 Å². The third-order valence-electron chi connectivity index (χ3n) is 2.40. The summed E-state index contributed by atoms with van der Waals surface area (Å²) in [5.41, 5.74) is 0.480. The van der Waals surface area contributed by atoms with Gasteiger partial charge in [-0.05, 0) is 34.1 Å². The van der Waals surface area contributed by atoms with Gasteiger partial charge in [0.05, 0.1) is 18.1 Å². The lowest BCUT2D eigenvalue weighted by molar-refractivity contribution is -0.139. The van der Waals surface area contributed by atoms with Crippen LogP contribution in [0.2, 0.25) is 0 Å². The molecule has 0 aliphatic carbocycles. The Hall–Kier alpha value is -0.920. The average Bonchev–Trinajstić information content (AvgIpc) is 2.33. The van der Waals surface area contributed by atoms with Gasteiger partial charge in [-0.15, -0.1) is 0 Å². The molecule has 0 bridgehead atoms. The molecule has 19 heavy (non-hydrogen) atoms. The molecule has 2 N–H and O–H groups in total. The standard InChI is InChI=1S/C12H13Br2NO4/c1-19-8(5-11(16)17)6-15-12(18)9-3-2-7(13)4-10(9)14/h2-4,8H,5-6H2,1H3,(H,15,18)(H,16,17). The fourth-order valence-corrected chi connectivity index (χ4v) is 2.64. The molecule has 0 aromatic heterocycles. The first-order valence-electron chi connectivity index (χ1n) is 5.42. The zero-order valence-corrected chi connectivity index (χ0v) is 13.3. The van der Waals surface area contributed by atoms with Crippen LogP contribution in [0, 0.1) is 0 Å². The van der Waals surface area contributed by atoms with Crippen molar-refractivity contribution < 1.29 is 19.4 Å². The van der Waals surface area contributed by atoms with E-state index in [2.05, 4.69) is 37.2 Å². The van der Waals surface area contributed by atoms with Gasteiger partial charge < -0.3 is 15.2 Å². The van der Waals surface area contributed by atoms with E-state index in [-0.39, 0.29) is 18.9 Å². The number of carboxylic acid groups (broad SMARTS) is 1. The minimum absolute atomic E-state index is 0.143. The fourth-order valence-electron chi connectivity index (χ4n) is 1.41. The van der Waals surface area contributed by atoms with Crippen molar-refractivity contribution in [1.82, 2.24) is 5.32 Å². The summed E-state index contributed by atoms with van der Waals surface area (Å²) in [7, 11) is 1.41. The van der Waals surface area contributed by atoms with Crippen LogP contribution in [0.1, 0.15) is 16.8 Å². The predicted octanol–water partition coefficient (Wildman–Crippen LogP) is 2.43. The number of amides is 1. The first kappa shape index (κ1) is 16.1. The van der Waals surface area contributed by atoms with Crippen LogP contribution in [-0.2, 0) is 9.53 Å². The molecular formula is C12H13Br2NO4. The molecule has 0 saturated heterocycles. The number of rotatable bonds is 6. The van der Waals surface area contributed by atoms with Gasteiger partial charge in [0.15, 0.2) is 0 Å². The quantitative estimate of drug-likeness (QED) is 0.776. The predicted molar refractivity (Wildman–Crippen MR) is 77.2 cm³/mol. The lowest BCUT2D eigenvalue weighted by Crippen LogP contribution is -2.34. The number of carbonyl (C=O) groups is 2. The second-order valence-corrected chi connectivity index (χ2v) is 5.56. The monoisotopic (exact) mass is 393 g/mol. The van der Waals surface area contributed by atoms with E-state index in [9.17, 15) is 9.59 Å². The smallest absolute Gasteiger partial charge is 0.306 e. The van der Waals surface area contributed by atoms with Crippen molar-refractivity contribution in [2.75, 3.05) is 13.7 Å². The number of benzene rings is 1. The second-order valence-electron chi connectivity index (χ2n) is 3.79. The molecule has 0 radical (unpaired) electrons. The number of nitrogens with one attached hydrogen (secondary N) is 1. The number of hydrogen-bond donors (Lipinski definition) is 2. The second kappa shape index (κ2) is 7.62. The molecule has 5 nitrogen and oxygen atoms in total. The number of carboxylic acids is 1. The minimum atomic E-state index is -0.967. The zero-order chi connectivity index (χ0) is 14.4. The maximum absolute atomic E-state index is 11.9. The van der Waals surface area contributed by atoms with Gasteiger partial charge >= 0.3 is 5.97 Å². The van der Waals surface area contributed by atoms with Crippen molar-refractivity contribution in [3.8, 4) is 0 Å². The third-order valence-corrected chi connectivity index (χ3v) is 3.55. The summed E-state index contributed by atoms with van der Waals surface area (Å²) in [6, 6.07) is 5.19. The lowest BCUT2D eigenvalue weighted by atomic mass is 10.2. The molecule has 1 amide bonds. The highest BCUT2D eigenvalue weighted by Crippen LogP contribution is 2.21. The largest absolute Gasteiger partial charge is 0.481 e. The lowest BCUT2D eigenvalue weighted by Gasteiger charge is -2.14. The summed E-state index contributed by atoms with van der Waals surface area (Å²) in [6.07, 6.45) is -0.700. The van der Waals surface area contributed by atoms with Crippen LogP contribution in [0.4, 0.5) is 0 Å². The molecule has 0 aliphatic rings. The third kappa shape index (κ3) is 5.30. The molecule has 1 atom stereocenters. The Morgan fingerprint density at radius 2 is 2.11 bits per heavy atom. The van der Waals surface area contributed by atoms with Gasteiger partial charge in [0.1, 0.15) is 0 Å². The molecule has 0 aliphatic heterocycles. The van der Waals surface area contributed by atoms with Gasteiger partial charge in [0.2, 0.25) is 0 Å². The van der Waals surface area contributed by atoms with Crippen LogP contribution in [0.3, 0.4) is 0 Å². The number of hydrogen-bond acceptors (Lipinski definition) is 3. The molecule has 7 heteroatoms. The fraction of sp³-hybridized carbons (Fsp3) is 0.333. The highest BCUT2D eigenvalue weighted by molar-refractivity contribution is 9.11. The zero-order valence-electron chi connectivity index (χ0n) is 10.2. The van der Waals surface area contributed by atoms with Gasteiger partial charge in [-0.1, -0.05) is 15.9 Å². The Morgan fingerprint density at radius 1 is 1.42 bits per heavy atom. The summed E-state index contributed by atoms with van der Waals surface area (Å²) in [6.45, 7) is 0.143. The molecule has 1 aromatic rings. The van der Waals surface area contributed by atoms with E-state index in [1.807, 2.05) is 0 Å². The summed E-state index contributed by atoms with van der Waals surface area (Å²) < 4.78 is 6.50. The topological polar surface area (TPSA) is 75.6 Å². The number of halogens is 2. The maximum atomic E-state index is 11.9. The maximum Gasteiger partial charge on any atom is 0.306 e. The van der Waals surface area contributed by atoms with Gasteiger partial charge in [0, 0.05) is 22.6 Å². The van der Waals surface area contributed by atoms with E-state index in [0.717, 1.165) is 4.47 Å². The molecule has 1 unspecified atom stereocenters. The van der Waals surface area contributed by atoms with Crippen LogP contribution in [0.25, 0.3) is 0 Å². The van der Waals surface area contributed by atoms with Crippen LogP contribution in [0.5, 0.6) is 0 Å². The molecule has 0 saturated carbocycles. The van der Waals surface area contributed by atoms with Gasteiger partial charge in [-0.3, -0.25) is 9.59 Å². The summed E-state index contributed by atoms with van der Waals surface area (Å²) in [5, 5.41) is 11.3. The number of methoxy groups -OCH3 is 1. The van der Waals surface area contributed by atoms with E-state index >= 15 is 0 Å². The molecule has 104 valence electrons. The van der Waals surface area contributed by atoms with Crippen LogP contribution in [0.15, 0.2) is 27.1 Å². The van der Waals surface area contributed by atoms with E-state index < -0.39 is 12.1 Å². The summed E-state index contributed by atoms with van der Waals surface area (Å²) in [4.78, 5) is 22.5. The van der Waals surface area contributed by atoms with Crippen molar-refractivity contribution in [2.24, 2.45) is 0 Å². The van der Waals surface area contributed by atoms with Crippen molar-refractivity contribution >= 4 is 43.7 Å². The molecular weight excluding hydrogens is 382 g/mol. The molecule has 0 spiro atoms. The molecule has 0 heterocycles. The summed E-state index contributed by atoms with van der Waals surface area (Å²) >= 11 is 6.59. The van der Waals surface area contributed by atoms with Crippen LogP contribution >= 0.6 is 31.9 Å². The first-order chi connectivity index (χ1) is 8.93. The number of aliphatic carboxylic acids is 1. The van der Waals surface area contributed by atoms with Crippen molar-refractivity contribution in [3.63, 3.8) is 0 Å². The Bertz CT molecular complexity index is 479. The van der Waals surface area contributed by atoms with E-state index in [1.54, 1.807) is 18.2 Å². The first-order valence-corrected chi connectivity index (χ1v) is 7.00. The molecule has 1 aromatic carbocycles. The highest BCUT2D eigenvalue weighted by atomic mass is 79.9. The Morgan fingerprint density at radius 3 is 2.63 bits per heavy atom. The Labute approximate surface area is 127 Å². The van der Waals surface area contributed by atoms with Gasteiger partial charge in [-0.25, -0.2) is 0 Å². The van der Waals surface area contributed by atoms with Crippen LogP contribution < -0.4 is 5.32 Å². The van der Waals surface area contributed by atoms with E-state index in [1.165, 1.54) is 7.11 Å². The number of carbonyl (C=O) groups excluding carboxylic acids is 1. The van der Waals surface area contributed by atoms with Gasteiger partial charge in [-0.2, -0.15) is 0 Å². The normalized spacial score (nSPS) is 11.9. The number of ether oxygens (including phenoxy) is 1. The molecule has 1 rings (SSSR count). The highest BCUT2D eigenvalue weighted by Gasteiger charge is 2.15. The molecule has 0 fully saturated rings. The van der Waals surface area contributed by atoms with Crippen molar-refractivity contribution in [1.29, 1.82) is 0 Å². The van der Waals surface area contributed by atoms with Gasteiger partial charge in [0.25, 0.3) is 5.91 Å². The Kier molecular flexibility index (Phi) is 6.47. The van der Waals surface area contributed by atoms with Crippen LogP contribution in [-0.4, -0.2) is 36.7 Å². The van der Waals surface area contributed by atoms with E-state index in [0.29, 0.717) is 10.0 Å².